The van der Waals surface area contributed by atoms with Gasteiger partial charge in [0, 0.05) is 13.1 Å². The monoisotopic (exact) mass is 282 g/mol. The third kappa shape index (κ3) is 1.89. The number of imide groups is 1. The molecule has 4 aliphatic rings. The zero-order valence-electron chi connectivity index (χ0n) is 10.8. The van der Waals surface area contributed by atoms with Crippen LogP contribution in [0.5, 0.6) is 0 Å². The molecule has 4 fully saturated rings. The largest absolute Gasteiger partial charge is 0.379 e. The van der Waals surface area contributed by atoms with Crippen LogP contribution in [0.3, 0.4) is 0 Å². The molecule has 4 aliphatic heterocycles. The predicted octanol–water partition coefficient (Wildman–Crippen LogP) is 0.0746. The lowest BCUT2D eigenvalue weighted by atomic mass is 9.81. The van der Waals surface area contributed by atoms with Gasteiger partial charge in [-0.05, 0) is 12.8 Å². The average molecular weight is 282 g/mol. The summed E-state index contributed by atoms with van der Waals surface area (Å²) in [4.78, 5) is 28.4. The molecule has 0 aromatic heterocycles. The van der Waals surface area contributed by atoms with Crippen molar-refractivity contribution in [3.63, 3.8) is 0 Å². The van der Waals surface area contributed by atoms with Crippen LogP contribution in [0.4, 0.5) is 0 Å². The van der Waals surface area contributed by atoms with Gasteiger partial charge in [0.1, 0.15) is 0 Å². The molecular formula is C14H22N2O4. The maximum atomic E-state index is 12.4. The van der Waals surface area contributed by atoms with Crippen molar-refractivity contribution in [1.82, 2.24) is 9.80 Å². The lowest BCUT2D eigenvalue weighted by Gasteiger charge is -2.30. The van der Waals surface area contributed by atoms with E-state index in [1.807, 2.05) is 0 Å². The van der Waals surface area contributed by atoms with Crippen LogP contribution in [0.25, 0.3) is 0 Å². The average Bonchev–Trinajstić information content (AvgIpc) is 3.10. The fraction of sp³-hybridized carbons (Fsp3) is 0.857. The van der Waals surface area contributed by atoms with Crippen molar-refractivity contribution in [3.05, 3.63) is 0 Å². The first-order valence-corrected chi connectivity index (χ1v) is 7.06. The van der Waals surface area contributed by atoms with E-state index in [1.54, 1.807) is 0 Å². The molecular weight excluding hydrogens is 260 g/mol. The highest BCUT2D eigenvalue weighted by atomic mass is 16.5. The molecule has 6 nitrogen and oxygen atoms in total. The normalized spacial score (nSPS) is 40.1. The fourth-order valence-corrected chi connectivity index (χ4v) is 3.86. The van der Waals surface area contributed by atoms with Crippen LogP contribution < -0.4 is 0 Å². The summed E-state index contributed by atoms with van der Waals surface area (Å²) in [6, 6.07) is 0. The second-order valence-corrected chi connectivity index (χ2v) is 5.82. The summed E-state index contributed by atoms with van der Waals surface area (Å²) < 4.78 is 11.0. The summed E-state index contributed by atoms with van der Waals surface area (Å²) >= 11 is 0. The number of likely N-dealkylation sites (tertiary alicyclic amines) is 1. The van der Waals surface area contributed by atoms with Crippen molar-refractivity contribution >= 4 is 11.8 Å². The summed E-state index contributed by atoms with van der Waals surface area (Å²) in [7, 11) is 0. The molecule has 0 saturated carbocycles. The molecule has 4 atom stereocenters. The first kappa shape index (κ1) is 14.0. The van der Waals surface area contributed by atoms with Gasteiger partial charge in [0.15, 0.2) is 0 Å². The third-order valence-electron chi connectivity index (χ3n) is 4.82. The Hall–Kier alpha value is -0.980. The van der Waals surface area contributed by atoms with E-state index in [4.69, 9.17) is 9.47 Å². The number of morpholine rings is 1. The van der Waals surface area contributed by atoms with E-state index in [1.165, 1.54) is 4.90 Å². The molecule has 112 valence electrons. The molecule has 0 aromatic rings. The summed E-state index contributed by atoms with van der Waals surface area (Å²) in [5.74, 6) is -0.443. The number of hydrogen-bond donors (Lipinski definition) is 0. The highest BCUT2D eigenvalue weighted by Crippen LogP contribution is 2.48. The maximum Gasteiger partial charge on any atom is 0.236 e. The quantitative estimate of drug-likeness (QED) is 0.671. The van der Waals surface area contributed by atoms with Gasteiger partial charge in [-0.1, -0.05) is 7.43 Å². The van der Waals surface area contributed by atoms with Gasteiger partial charge in [0.25, 0.3) is 0 Å². The van der Waals surface area contributed by atoms with Crippen molar-refractivity contribution < 1.29 is 19.1 Å². The van der Waals surface area contributed by atoms with Gasteiger partial charge in [-0.2, -0.15) is 0 Å². The van der Waals surface area contributed by atoms with Crippen molar-refractivity contribution in [3.8, 4) is 0 Å². The Morgan fingerprint density at radius 1 is 1.00 bits per heavy atom. The van der Waals surface area contributed by atoms with Gasteiger partial charge >= 0.3 is 0 Å². The van der Waals surface area contributed by atoms with Gasteiger partial charge < -0.3 is 9.47 Å². The Balaban J connectivity index is 0.00000121. The third-order valence-corrected chi connectivity index (χ3v) is 4.82. The number of rotatable bonds is 2. The van der Waals surface area contributed by atoms with Gasteiger partial charge in [-0.3, -0.25) is 19.4 Å². The van der Waals surface area contributed by atoms with Crippen LogP contribution in [-0.2, 0) is 19.1 Å². The molecule has 4 heterocycles. The van der Waals surface area contributed by atoms with E-state index < -0.39 is 0 Å². The van der Waals surface area contributed by atoms with Gasteiger partial charge in [0.05, 0.1) is 43.9 Å². The Bertz CT molecular complexity index is 393. The van der Waals surface area contributed by atoms with Gasteiger partial charge in [-0.25, -0.2) is 0 Å². The Morgan fingerprint density at radius 3 is 2.10 bits per heavy atom. The standard InChI is InChI=1S/C13H18N2O4.CH4/c16-12-10-8-1-2-9(19-8)11(10)13(17)15(12)7-14-3-5-18-6-4-14;/h8-11H,1-7H2;1H4/t8?,9?,10-,11?;/m1./s1. The highest BCUT2D eigenvalue weighted by molar-refractivity contribution is 6.06. The first-order valence-electron chi connectivity index (χ1n) is 7.06. The predicted molar refractivity (Wildman–Crippen MR) is 70.7 cm³/mol. The van der Waals surface area contributed by atoms with E-state index in [-0.39, 0.29) is 43.3 Å². The Labute approximate surface area is 119 Å². The smallest absolute Gasteiger partial charge is 0.236 e. The Morgan fingerprint density at radius 2 is 1.55 bits per heavy atom. The van der Waals surface area contributed by atoms with Crippen LogP contribution in [0.1, 0.15) is 20.3 Å². The lowest BCUT2D eigenvalue weighted by molar-refractivity contribution is -0.146. The van der Waals surface area contributed by atoms with E-state index in [2.05, 4.69) is 4.90 Å². The van der Waals surface area contributed by atoms with Gasteiger partial charge in [0.2, 0.25) is 11.8 Å². The molecule has 2 amide bonds. The number of fused-ring (bicyclic) bond motifs is 5. The molecule has 20 heavy (non-hydrogen) atoms. The zero-order valence-corrected chi connectivity index (χ0v) is 10.8. The summed E-state index contributed by atoms with van der Waals surface area (Å²) in [6.07, 6.45) is 1.83. The minimum Gasteiger partial charge on any atom is -0.379 e. The number of amides is 2. The Kier molecular flexibility index (Phi) is 3.56. The first-order chi connectivity index (χ1) is 9.25. The SMILES string of the molecule is C.O=C1C2C3CCC(O3)[C@H]2C(=O)N1CN1CCOCC1. The zero-order chi connectivity index (χ0) is 13.0. The minimum absolute atomic E-state index is 0. The van der Waals surface area contributed by atoms with Crippen LogP contribution in [0, 0.1) is 11.8 Å². The van der Waals surface area contributed by atoms with Crippen molar-refractivity contribution in [2.45, 2.75) is 32.5 Å². The van der Waals surface area contributed by atoms with Crippen LogP contribution >= 0.6 is 0 Å². The van der Waals surface area contributed by atoms with Crippen molar-refractivity contribution in [1.29, 1.82) is 0 Å². The summed E-state index contributed by atoms with van der Waals surface area (Å²) in [5, 5.41) is 0. The van der Waals surface area contributed by atoms with E-state index >= 15 is 0 Å². The second kappa shape index (κ2) is 5.09. The molecule has 3 unspecified atom stereocenters. The van der Waals surface area contributed by atoms with Crippen molar-refractivity contribution in [2.24, 2.45) is 11.8 Å². The van der Waals surface area contributed by atoms with Crippen LogP contribution in [0.15, 0.2) is 0 Å². The molecule has 0 radical (unpaired) electrons. The molecule has 0 aromatic carbocycles. The van der Waals surface area contributed by atoms with Crippen LogP contribution in [0.2, 0.25) is 0 Å². The van der Waals surface area contributed by atoms with Crippen LogP contribution in [-0.4, -0.2) is 66.8 Å². The molecule has 6 heteroatoms. The fourth-order valence-electron chi connectivity index (χ4n) is 3.86. The molecule has 4 saturated heterocycles. The highest BCUT2D eigenvalue weighted by Gasteiger charge is 2.62. The number of hydrogen-bond acceptors (Lipinski definition) is 5. The second-order valence-electron chi connectivity index (χ2n) is 5.82. The summed E-state index contributed by atoms with van der Waals surface area (Å²) in [5.41, 5.74) is 0. The lowest BCUT2D eigenvalue weighted by Crippen LogP contribution is -2.47. The van der Waals surface area contributed by atoms with Gasteiger partial charge in [-0.15, -0.1) is 0 Å². The number of ether oxygens (including phenoxy) is 2. The summed E-state index contributed by atoms with van der Waals surface area (Å²) in [6.45, 7) is 3.36. The van der Waals surface area contributed by atoms with E-state index in [0.717, 1.165) is 25.9 Å². The molecule has 0 spiro atoms. The molecule has 2 bridgehead atoms. The van der Waals surface area contributed by atoms with Crippen molar-refractivity contribution in [2.75, 3.05) is 33.0 Å². The molecule has 0 aliphatic carbocycles. The minimum atomic E-state index is -0.202. The number of nitrogens with zero attached hydrogens (tertiary/aromatic N) is 2. The van der Waals surface area contributed by atoms with E-state index in [9.17, 15) is 9.59 Å². The number of carbonyl (C=O) groups excluding carboxylic acids is 2. The van der Waals surface area contributed by atoms with E-state index in [0.29, 0.717) is 19.9 Å². The number of carbonyl (C=O) groups is 2. The molecule has 0 N–H and O–H groups in total. The topological polar surface area (TPSA) is 59.1 Å². The molecule has 4 rings (SSSR count). The maximum absolute atomic E-state index is 12.4.